The monoisotopic (exact) mass is 344 g/mol. The fourth-order valence-corrected chi connectivity index (χ4v) is 2.34. The summed E-state index contributed by atoms with van der Waals surface area (Å²) in [6.45, 7) is 2.35. The highest BCUT2D eigenvalue weighted by Gasteiger charge is 2.18. The molecule has 0 heterocycles. The zero-order valence-electron chi connectivity index (χ0n) is 11.1. The maximum absolute atomic E-state index is 11.5. The molecule has 1 unspecified atom stereocenters. The van der Waals surface area contributed by atoms with Gasteiger partial charge in [-0.2, -0.15) is 0 Å². The van der Waals surface area contributed by atoms with Crippen LogP contribution in [0.15, 0.2) is 22.7 Å². The first-order valence-corrected chi connectivity index (χ1v) is 6.95. The van der Waals surface area contributed by atoms with Gasteiger partial charge in [0.1, 0.15) is 4.99 Å². The van der Waals surface area contributed by atoms with Gasteiger partial charge in [0.15, 0.2) is 0 Å². The van der Waals surface area contributed by atoms with E-state index in [0.29, 0.717) is 11.5 Å². The summed E-state index contributed by atoms with van der Waals surface area (Å²) in [5, 5.41) is 0. The summed E-state index contributed by atoms with van der Waals surface area (Å²) >= 11 is 8.46. The molecule has 2 N–H and O–H groups in total. The summed E-state index contributed by atoms with van der Waals surface area (Å²) in [6, 6.07) is 5.68. The van der Waals surface area contributed by atoms with Crippen LogP contribution in [-0.2, 0) is 9.53 Å². The fourth-order valence-electron chi connectivity index (χ4n) is 1.81. The van der Waals surface area contributed by atoms with Gasteiger partial charge < -0.3 is 15.4 Å². The molecule has 19 heavy (non-hydrogen) atoms. The van der Waals surface area contributed by atoms with E-state index in [4.69, 9.17) is 22.7 Å². The quantitative estimate of drug-likeness (QED) is 0.656. The molecule has 0 fully saturated rings. The predicted octanol–water partition coefficient (Wildman–Crippen LogP) is 2.33. The minimum atomic E-state index is -0.237. The average Bonchev–Trinajstić information content (AvgIpc) is 2.36. The Morgan fingerprint density at radius 3 is 2.74 bits per heavy atom. The molecular weight excluding hydrogens is 328 g/mol. The van der Waals surface area contributed by atoms with Crippen molar-refractivity contribution in [1.82, 2.24) is 0 Å². The number of esters is 1. The van der Waals surface area contributed by atoms with Gasteiger partial charge in [0.25, 0.3) is 0 Å². The van der Waals surface area contributed by atoms with Crippen LogP contribution < -0.4 is 10.6 Å². The van der Waals surface area contributed by atoms with E-state index in [0.717, 1.165) is 15.7 Å². The predicted molar refractivity (Wildman–Crippen MR) is 84.5 cm³/mol. The average molecular weight is 345 g/mol. The molecule has 1 aromatic rings. The summed E-state index contributed by atoms with van der Waals surface area (Å²) < 4.78 is 5.66. The SMILES string of the molecule is COC(=O)C(C)CN(C)c1cc(Br)ccc1C(N)=S. The number of ether oxygens (including phenoxy) is 1. The molecule has 0 spiro atoms. The molecule has 0 aliphatic heterocycles. The number of methoxy groups -OCH3 is 1. The van der Waals surface area contributed by atoms with Crippen LogP contribution in [0.1, 0.15) is 12.5 Å². The molecule has 0 saturated heterocycles. The lowest BCUT2D eigenvalue weighted by Gasteiger charge is -2.24. The van der Waals surface area contributed by atoms with Gasteiger partial charge in [-0.1, -0.05) is 35.1 Å². The summed E-state index contributed by atoms with van der Waals surface area (Å²) in [6.07, 6.45) is 0. The van der Waals surface area contributed by atoms with Gasteiger partial charge in [0, 0.05) is 29.3 Å². The van der Waals surface area contributed by atoms with Gasteiger partial charge in [-0.05, 0) is 18.2 Å². The lowest BCUT2D eigenvalue weighted by Crippen LogP contribution is -2.30. The number of hydrogen-bond donors (Lipinski definition) is 1. The van der Waals surface area contributed by atoms with E-state index in [-0.39, 0.29) is 11.9 Å². The number of nitrogens with two attached hydrogens (primary N) is 1. The first kappa shape index (κ1) is 15.9. The second-order valence-corrected chi connectivity index (χ2v) is 5.69. The number of carbonyl (C=O) groups excluding carboxylic acids is 1. The Kier molecular flexibility index (Phi) is 5.75. The molecule has 1 atom stereocenters. The minimum Gasteiger partial charge on any atom is -0.469 e. The minimum absolute atomic E-state index is 0.229. The number of nitrogens with zero attached hydrogens (tertiary/aromatic N) is 1. The molecule has 1 rings (SSSR count). The maximum Gasteiger partial charge on any atom is 0.310 e. The molecule has 0 radical (unpaired) electrons. The molecule has 0 aliphatic rings. The third kappa shape index (κ3) is 4.18. The van der Waals surface area contributed by atoms with Crippen molar-refractivity contribution in [2.24, 2.45) is 11.7 Å². The van der Waals surface area contributed by atoms with Crippen molar-refractivity contribution in [2.45, 2.75) is 6.92 Å². The van der Waals surface area contributed by atoms with E-state index in [9.17, 15) is 4.79 Å². The highest BCUT2D eigenvalue weighted by Crippen LogP contribution is 2.25. The Morgan fingerprint density at radius 2 is 2.21 bits per heavy atom. The smallest absolute Gasteiger partial charge is 0.310 e. The number of benzene rings is 1. The number of halogens is 1. The molecule has 0 aromatic heterocycles. The Labute approximate surface area is 127 Å². The van der Waals surface area contributed by atoms with Crippen molar-refractivity contribution < 1.29 is 9.53 Å². The van der Waals surface area contributed by atoms with Gasteiger partial charge in [-0.15, -0.1) is 0 Å². The second kappa shape index (κ2) is 6.86. The fraction of sp³-hybridized carbons (Fsp3) is 0.385. The van der Waals surface area contributed by atoms with Gasteiger partial charge >= 0.3 is 5.97 Å². The highest BCUT2D eigenvalue weighted by molar-refractivity contribution is 9.10. The topological polar surface area (TPSA) is 55.6 Å². The lowest BCUT2D eigenvalue weighted by atomic mass is 10.1. The van der Waals surface area contributed by atoms with Crippen molar-refractivity contribution in [3.63, 3.8) is 0 Å². The van der Waals surface area contributed by atoms with Crippen LogP contribution >= 0.6 is 28.1 Å². The van der Waals surface area contributed by atoms with E-state index in [1.165, 1.54) is 7.11 Å². The third-order valence-electron chi connectivity index (χ3n) is 2.79. The summed E-state index contributed by atoms with van der Waals surface area (Å²) in [5.41, 5.74) is 7.39. The van der Waals surface area contributed by atoms with Crippen molar-refractivity contribution in [3.8, 4) is 0 Å². The van der Waals surface area contributed by atoms with Crippen LogP contribution in [0.2, 0.25) is 0 Å². The molecule has 4 nitrogen and oxygen atoms in total. The summed E-state index contributed by atoms with van der Waals surface area (Å²) in [5.74, 6) is -0.466. The Hall–Kier alpha value is -1.14. The van der Waals surface area contributed by atoms with Crippen LogP contribution in [0.25, 0.3) is 0 Å². The number of rotatable bonds is 5. The summed E-state index contributed by atoms with van der Waals surface area (Å²) in [4.78, 5) is 13.7. The van der Waals surface area contributed by atoms with Gasteiger partial charge in [-0.25, -0.2) is 0 Å². The van der Waals surface area contributed by atoms with Crippen molar-refractivity contribution in [2.75, 3.05) is 25.6 Å². The molecular formula is C13H17BrN2O2S. The van der Waals surface area contributed by atoms with E-state index in [1.807, 2.05) is 37.1 Å². The second-order valence-electron chi connectivity index (χ2n) is 4.33. The van der Waals surface area contributed by atoms with Crippen LogP contribution in [0.4, 0.5) is 5.69 Å². The number of hydrogen-bond acceptors (Lipinski definition) is 4. The summed E-state index contributed by atoms with van der Waals surface area (Å²) in [7, 11) is 3.28. The van der Waals surface area contributed by atoms with Crippen LogP contribution in [0, 0.1) is 5.92 Å². The van der Waals surface area contributed by atoms with Crippen molar-refractivity contribution in [3.05, 3.63) is 28.2 Å². The molecule has 0 amide bonds. The Balaban J connectivity index is 2.98. The van der Waals surface area contributed by atoms with Crippen molar-refractivity contribution >= 4 is 44.8 Å². The molecule has 0 aliphatic carbocycles. The normalized spacial score (nSPS) is 11.8. The molecule has 0 bridgehead atoms. The number of anilines is 1. The van der Waals surface area contributed by atoms with Crippen molar-refractivity contribution in [1.29, 1.82) is 0 Å². The molecule has 104 valence electrons. The van der Waals surface area contributed by atoms with E-state index in [2.05, 4.69) is 15.9 Å². The van der Waals surface area contributed by atoms with E-state index in [1.54, 1.807) is 0 Å². The molecule has 1 aromatic carbocycles. The van der Waals surface area contributed by atoms with Crippen LogP contribution in [-0.4, -0.2) is 31.7 Å². The zero-order chi connectivity index (χ0) is 14.6. The Bertz CT molecular complexity index is 494. The van der Waals surface area contributed by atoms with E-state index < -0.39 is 0 Å². The van der Waals surface area contributed by atoms with Crippen LogP contribution in [0.3, 0.4) is 0 Å². The Morgan fingerprint density at radius 1 is 1.58 bits per heavy atom. The highest BCUT2D eigenvalue weighted by atomic mass is 79.9. The third-order valence-corrected chi connectivity index (χ3v) is 3.50. The van der Waals surface area contributed by atoms with Gasteiger partial charge in [0.05, 0.1) is 13.0 Å². The number of carbonyl (C=O) groups is 1. The largest absolute Gasteiger partial charge is 0.469 e. The standard InChI is InChI=1S/C13H17BrN2O2S/c1-8(13(17)18-3)7-16(2)11-6-9(14)4-5-10(11)12(15)19/h4-6,8H,7H2,1-3H3,(H2,15,19). The number of thiocarbonyl (C=S) groups is 1. The van der Waals surface area contributed by atoms with Gasteiger partial charge in [-0.3, -0.25) is 4.79 Å². The molecule has 6 heteroatoms. The molecule has 0 saturated carbocycles. The van der Waals surface area contributed by atoms with E-state index >= 15 is 0 Å². The van der Waals surface area contributed by atoms with Crippen LogP contribution in [0.5, 0.6) is 0 Å². The van der Waals surface area contributed by atoms with Gasteiger partial charge in [0.2, 0.25) is 0 Å². The maximum atomic E-state index is 11.5. The zero-order valence-corrected chi connectivity index (χ0v) is 13.5. The first-order valence-electron chi connectivity index (χ1n) is 5.75. The first-order chi connectivity index (χ1) is 8.86. The lowest BCUT2D eigenvalue weighted by molar-refractivity contribution is -0.144.